The van der Waals surface area contributed by atoms with Gasteiger partial charge in [-0.15, -0.1) is 11.3 Å². The number of carbonyl (C=O) groups excluding carboxylic acids is 1. The topological polar surface area (TPSA) is 108 Å². The number of piperazine rings is 1. The molecule has 2 atom stereocenters. The van der Waals surface area contributed by atoms with Gasteiger partial charge in [0, 0.05) is 49.3 Å². The number of benzene rings is 1. The monoisotopic (exact) mass is 676 g/mol. The fourth-order valence-electron chi connectivity index (χ4n) is 6.35. The number of aromatic nitrogens is 2. The van der Waals surface area contributed by atoms with Gasteiger partial charge >= 0.3 is 6.18 Å². The van der Waals surface area contributed by atoms with E-state index in [2.05, 4.69) is 52.0 Å². The molecule has 0 radical (unpaired) electrons. The van der Waals surface area contributed by atoms with E-state index in [-0.39, 0.29) is 52.2 Å². The van der Waals surface area contributed by atoms with Gasteiger partial charge in [0.15, 0.2) is 9.84 Å². The number of sulfone groups is 1. The standard InChI is InChI=1S/C31H35F3N6O4S2/c1-17-13-39(14-18(2)38(17)3)20-6-7-24(22(10-20)19-4-5-19)36-30-35-12-23(31(32,33)34)27(37-30)25-11-26-28(45-25)29(41)40(21-15-44-16-21)8-9-46(26,42)43/h6-7,10-12,17-19,21H,4-5,8-9,13-16H2,1-3H3,(H,35,36,37)/t17-,18-/m0/s1. The molecule has 246 valence electrons. The van der Waals surface area contributed by atoms with Crippen LogP contribution in [0.15, 0.2) is 35.4 Å². The molecule has 3 aliphatic heterocycles. The number of ether oxygens (including phenoxy) is 1. The Balaban J connectivity index is 1.24. The van der Waals surface area contributed by atoms with Crippen LogP contribution in [0.1, 0.15) is 53.4 Å². The Morgan fingerprint density at radius 3 is 2.43 bits per heavy atom. The highest BCUT2D eigenvalue weighted by atomic mass is 32.2. The van der Waals surface area contributed by atoms with Crippen molar-refractivity contribution in [3.8, 4) is 10.6 Å². The molecule has 5 heterocycles. The van der Waals surface area contributed by atoms with Crippen LogP contribution in [0.25, 0.3) is 10.6 Å². The van der Waals surface area contributed by atoms with Crippen LogP contribution < -0.4 is 10.2 Å². The third-order valence-corrected chi connectivity index (χ3v) is 12.5. The fourth-order valence-corrected chi connectivity index (χ4v) is 9.27. The highest BCUT2D eigenvalue weighted by molar-refractivity contribution is 7.91. The molecule has 46 heavy (non-hydrogen) atoms. The van der Waals surface area contributed by atoms with Gasteiger partial charge in [-0.1, -0.05) is 0 Å². The maximum Gasteiger partial charge on any atom is 0.420 e. The Hall–Kier alpha value is -3.27. The molecule has 0 bridgehead atoms. The van der Waals surface area contributed by atoms with E-state index in [1.807, 2.05) is 12.1 Å². The lowest BCUT2D eigenvalue weighted by Crippen LogP contribution is -2.55. The number of anilines is 3. The molecule has 7 rings (SSSR count). The molecular formula is C31H35F3N6O4S2. The first kappa shape index (κ1) is 31.3. The molecular weight excluding hydrogens is 642 g/mol. The van der Waals surface area contributed by atoms with E-state index in [0.717, 1.165) is 43.2 Å². The highest BCUT2D eigenvalue weighted by Gasteiger charge is 2.41. The van der Waals surface area contributed by atoms with Crippen LogP contribution in [-0.2, 0) is 20.8 Å². The molecule has 3 fully saturated rings. The largest absolute Gasteiger partial charge is 0.420 e. The fraction of sp³-hybridized carbons (Fsp3) is 0.516. The van der Waals surface area contributed by atoms with Crippen LogP contribution in [-0.4, -0.2) is 97.9 Å². The molecule has 4 aliphatic rings. The maximum atomic E-state index is 14.3. The molecule has 1 aromatic carbocycles. The van der Waals surface area contributed by atoms with Gasteiger partial charge in [0.25, 0.3) is 5.91 Å². The van der Waals surface area contributed by atoms with Crippen molar-refractivity contribution in [3.63, 3.8) is 0 Å². The van der Waals surface area contributed by atoms with Crippen molar-refractivity contribution in [1.29, 1.82) is 0 Å². The van der Waals surface area contributed by atoms with E-state index in [4.69, 9.17) is 4.74 Å². The van der Waals surface area contributed by atoms with Gasteiger partial charge in [-0.25, -0.2) is 18.4 Å². The number of alkyl halides is 3. The third kappa shape index (κ3) is 5.75. The smallest absolute Gasteiger partial charge is 0.377 e. The average Bonchev–Trinajstić information content (AvgIpc) is 3.73. The molecule has 10 nitrogen and oxygen atoms in total. The lowest BCUT2D eigenvalue weighted by molar-refractivity contribution is -0.137. The highest BCUT2D eigenvalue weighted by Crippen LogP contribution is 2.46. The molecule has 0 unspecified atom stereocenters. The number of thiophene rings is 1. The lowest BCUT2D eigenvalue weighted by atomic mass is 10.0. The third-order valence-electron chi connectivity index (χ3n) is 9.50. The van der Waals surface area contributed by atoms with Crippen molar-refractivity contribution in [1.82, 2.24) is 19.8 Å². The number of likely N-dealkylation sites (N-methyl/N-ethyl adjacent to an activating group) is 1. The van der Waals surface area contributed by atoms with Crippen LogP contribution in [0.5, 0.6) is 0 Å². The Morgan fingerprint density at radius 2 is 1.80 bits per heavy atom. The predicted molar refractivity (Wildman–Crippen MR) is 169 cm³/mol. The number of nitrogens with one attached hydrogen (secondary N) is 1. The van der Waals surface area contributed by atoms with Gasteiger partial charge in [-0.3, -0.25) is 9.69 Å². The lowest BCUT2D eigenvalue weighted by Gasteiger charge is -2.43. The van der Waals surface area contributed by atoms with E-state index in [0.29, 0.717) is 41.2 Å². The van der Waals surface area contributed by atoms with E-state index in [1.54, 1.807) is 0 Å². The number of hydrogen-bond donors (Lipinski definition) is 1. The first-order valence-corrected chi connectivity index (χ1v) is 17.8. The second-order valence-corrected chi connectivity index (χ2v) is 15.8. The first-order chi connectivity index (χ1) is 21.8. The zero-order valence-corrected chi connectivity index (χ0v) is 27.3. The summed E-state index contributed by atoms with van der Waals surface area (Å²) in [5.41, 5.74) is 1.28. The molecule has 0 spiro atoms. The maximum absolute atomic E-state index is 14.3. The van der Waals surface area contributed by atoms with Crippen molar-refractivity contribution in [3.05, 3.63) is 46.5 Å². The Bertz CT molecular complexity index is 1780. The molecule has 1 saturated carbocycles. The minimum atomic E-state index is -4.81. The summed E-state index contributed by atoms with van der Waals surface area (Å²) in [5.74, 6) is -0.579. The van der Waals surface area contributed by atoms with Crippen LogP contribution in [0.2, 0.25) is 0 Å². The van der Waals surface area contributed by atoms with Crippen molar-refractivity contribution in [2.24, 2.45) is 0 Å². The number of amides is 1. The van der Waals surface area contributed by atoms with Gasteiger partial charge < -0.3 is 19.9 Å². The summed E-state index contributed by atoms with van der Waals surface area (Å²) in [5, 5.41) is 3.15. The molecule has 15 heteroatoms. The van der Waals surface area contributed by atoms with Crippen LogP contribution in [0.3, 0.4) is 0 Å². The summed E-state index contributed by atoms with van der Waals surface area (Å²) < 4.78 is 74.3. The van der Waals surface area contributed by atoms with E-state index >= 15 is 0 Å². The normalized spacial score (nSPS) is 24.0. The van der Waals surface area contributed by atoms with Gasteiger partial charge in [-0.05, 0) is 69.5 Å². The van der Waals surface area contributed by atoms with E-state index in [9.17, 15) is 26.4 Å². The van der Waals surface area contributed by atoms with Crippen molar-refractivity contribution in [2.45, 2.75) is 61.8 Å². The number of fused-ring (bicyclic) bond motifs is 1. The van der Waals surface area contributed by atoms with Crippen molar-refractivity contribution >= 4 is 44.4 Å². The molecule has 1 aliphatic carbocycles. The van der Waals surface area contributed by atoms with Gasteiger partial charge in [0.2, 0.25) is 5.95 Å². The summed E-state index contributed by atoms with van der Waals surface area (Å²) >= 11 is 0.711. The second-order valence-electron chi connectivity index (χ2n) is 12.7. The second kappa shape index (κ2) is 11.5. The quantitative estimate of drug-likeness (QED) is 0.386. The number of rotatable bonds is 6. The molecule has 2 aromatic heterocycles. The number of nitrogens with zero attached hydrogens (tertiary/aromatic N) is 5. The van der Waals surface area contributed by atoms with Gasteiger partial charge in [-0.2, -0.15) is 13.2 Å². The number of halogens is 3. The van der Waals surface area contributed by atoms with Gasteiger partial charge in [0.05, 0.1) is 40.5 Å². The first-order valence-electron chi connectivity index (χ1n) is 15.4. The Labute approximate surface area is 269 Å². The van der Waals surface area contributed by atoms with Crippen LogP contribution in [0.4, 0.5) is 30.5 Å². The summed E-state index contributed by atoms with van der Waals surface area (Å²) in [7, 11) is -1.79. The predicted octanol–water partition coefficient (Wildman–Crippen LogP) is 5.00. The molecule has 1 N–H and O–H groups in total. The van der Waals surface area contributed by atoms with Crippen molar-refractivity contribution < 1.29 is 31.1 Å². The summed E-state index contributed by atoms with van der Waals surface area (Å²) in [6, 6.07) is 7.74. The van der Waals surface area contributed by atoms with Crippen LogP contribution in [0, 0.1) is 0 Å². The Morgan fingerprint density at radius 1 is 1.09 bits per heavy atom. The SMILES string of the molecule is C[C@H]1CN(c2ccc(Nc3ncc(C(F)(F)F)c(-c4cc5c(s4)C(=O)N(C4COC4)CCS5(=O)=O)n3)c(C3CC3)c2)C[C@H](C)N1C. The summed E-state index contributed by atoms with van der Waals surface area (Å²) in [6.45, 7) is 6.76. The van der Waals surface area contributed by atoms with Crippen molar-refractivity contribution in [2.75, 3.05) is 55.9 Å². The summed E-state index contributed by atoms with van der Waals surface area (Å²) in [4.78, 5) is 27.5. The number of carbonyl (C=O) groups is 1. The Kier molecular flexibility index (Phi) is 7.81. The minimum absolute atomic E-state index is 0.00369. The zero-order chi connectivity index (χ0) is 32.5. The molecule has 1 amide bonds. The van der Waals surface area contributed by atoms with Crippen LogP contribution >= 0.6 is 11.3 Å². The van der Waals surface area contributed by atoms with E-state index in [1.165, 1.54) is 4.90 Å². The zero-order valence-electron chi connectivity index (χ0n) is 25.7. The molecule has 3 aromatic rings. The van der Waals surface area contributed by atoms with Gasteiger partial charge in [0.1, 0.15) is 10.4 Å². The average molecular weight is 677 g/mol. The molecule has 2 saturated heterocycles. The number of hydrogen-bond acceptors (Lipinski definition) is 10. The minimum Gasteiger partial charge on any atom is -0.377 e. The van der Waals surface area contributed by atoms with E-state index < -0.39 is 33.2 Å². The summed E-state index contributed by atoms with van der Waals surface area (Å²) in [6.07, 6.45) is -2.08.